The van der Waals surface area contributed by atoms with Crippen LogP contribution in [0.5, 0.6) is 17.2 Å². The minimum Gasteiger partial charge on any atom is -0.494 e. The predicted octanol–water partition coefficient (Wildman–Crippen LogP) is 5.34. The van der Waals surface area contributed by atoms with E-state index in [9.17, 15) is 9.59 Å². The molecule has 9 nitrogen and oxygen atoms in total. The SMILES string of the molecule is CCOc1ccc(C(c2ccc(OCCOC(=O)OC)cc2)c2ccc(OCC3COC(=O)O3)cc2)cc1. The van der Waals surface area contributed by atoms with Crippen LogP contribution in [-0.4, -0.2) is 58.6 Å². The van der Waals surface area contributed by atoms with E-state index in [1.54, 1.807) is 0 Å². The number of carbonyl (C=O) groups is 2. The molecule has 3 aromatic carbocycles. The molecule has 0 N–H and O–H groups in total. The molecule has 4 rings (SSSR count). The molecular formula is C29H30O9. The van der Waals surface area contributed by atoms with E-state index in [1.165, 1.54) is 7.11 Å². The first-order chi connectivity index (χ1) is 18.6. The Balaban J connectivity index is 1.48. The molecule has 0 amide bonds. The van der Waals surface area contributed by atoms with Crippen LogP contribution in [0.2, 0.25) is 0 Å². The maximum atomic E-state index is 11.1. The molecule has 0 radical (unpaired) electrons. The summed E-state index contributed by atoms with van der Waals surface area (Å²) >= 11 is 0. The highest BCUT2D eigenvalue weighted by atomic mass is 16.8. The number of benzene rings is 3. The molecule has 200 valence electrons. The number of ether oxygens (including phenoxy) is 7. The summed E-state index contributed by atoms with van der Waals surface area (Å²) in [6.07, 6.45) is -1.82. The Morgan fingerprint density at radius 3 is 1.82 bits per heavy atom. The van der Waals surface area contributed by atoms with Crippen LogP contribution < -0.4 is 14.2 Å². The van der Waals surface area contributed by atoms with Crippen LogP contribution in [-0.2, 0) is 18.9 Å². The van der Waals surface area contributed by atoms with E-state index in [0.29, 0.717) is 18.1 Å². The molecular weight excluding hydrogens is 492 g/mol. The smallest absolute Gasteiger partial charge is 0.494 e. The zero-order chi connectivity index (χ0) is 26.7. The molecule has 1 fully saturated rings. The summed E-state index contributed by atoms with van der Waals surface area (Å²) in [6, 6.07) is 23.7. The Morgan fingerprint density at radius 1 is 0.816 bits per heavy atom. The molecule has 0 aliphatic carbocycles. The quantitative estimate of drug-likeness (QED) is 0.177. The highest BCUT2D eigenvalue weighted by molar-refractivity contribution is 5.61. The third-order valence-corrected chi connectivity index (χ3v) is 5.78. The number of hydrogen-bond acceptors (Lipinski definition) is 9. The Labute approximate surface area is 221 Å². The van der Waals surface area contributed by atoms with Gasteiger partial charge in [0.15, 0.2) is 6.10 Å². The summed E-state index contributed by atoms with van der Waals surface area (Å²) < 4.78 is 36.2. The van der Waals surface area contributed by atoms with Crippen LogP contribution in [0.25, 0.3) is 0 Å². The van der Waals surface area contributed by atoms with Crippen molar-refractivity contribution < 1.29 is 42.7 Å². The molecule has 0 bridgehead atoms. The van der Waals surface area contributed by atoms with E-state index in [0.717, 1.165) is 22.4 Å². The molecule has 2 atom stereocenters. The van der Waals surface area contributed by atoms with Crippen molar-refractivity contribution in [3.63, 3.8) is 0 Å². The molecule has 1 heterocycles. The van der Waals surface area contributed by atoms with Crippen molar-refractivity contribution in [2.45, 2.75) is 18.9 Å². The van der Waals surface area contributed by atoms with Gasteiger partial charge in [-0.2, -0.15) is 0 Å². The summed E-state index contributed by atoms with van der Waals surface area (Å²) in [5, 5.41) is 0. The predicted molar refractivity (Wildman–Crippen MR) is 137 cm³/mol. The molecule has 2 unspecified atom stereocenters. The van der Waals surface area contributed by atoms with E-state index in [2.05, 4.69) is 16.9 Å². The second-order valence-corrected chi connectivity index (χ2v) is 8.34. The average molecular weight is 523 g/mol. The monoisotopic (exact) mass is 522 g/mol. The van der Waals surface area contributed by atoms with Crippen molar-refractivity contribution in [3.8, 4) is 17.2 Å². The fraction of sp³-hybridized carbons (Fsp3) is 0.310. The lowest BCUT2D eigenvalue weighted by atomic mass is 9.85. The van der Waals surface area contributed by atoms with Crippen LogP contribution >= 0.6 is 0 Å². The maximum absolute atomic E-state index is 11.1. The fourth-order valence-corrected chi connectivity index (χ4v) is 3.99. The van der Waals surface area contributed by atoms with Crippen molar-refractivity contribution in [2.24, 2.45) is 0 Å². The zero-order valence-corrected chi connectivity index (χ0v) is 21.3. The first kappa shape index (κ1) is 26.7. The minimum absolute atomic E-state index is 0.0550. The van der Waals surface area contributed by atoms with Gasteiger partial charge in [-0.1, -0.05) is 36.4 Å². The molecule has 9 heteroatoms. The molecule has 0 saturated carbocycles. The van der Waals surface area contributed by atoms with Gasteiger partial charge in [-0.05, 0) is 60.0 Å². The number of rotatable bonds is 12. The third kappa shape index (κ3) is 7.32. The number of carbonyl (C=O) groups excluding carboxylic acids is 2. The maximum Gasteiger partial charge on any atom is 0.508 e. The highest BCUT2D eigenvalue weighted by Gasteiger charge is 2.25. The normalized spacial score (nSPS) is 15.1. The Bertz CT molecular complexity index is 1170. The first-order valence-electron chi connectivity index (χ1n) is 12.3. The van der Waals surface area contributed by atoms with E-state index >= 15 is 0 Å². The van der Waals surface area contributed by atoms with Gasteiger partial charge in [0.25, 0.3) is 0 Å². The van der Waals surface area contributed by atoms with Crippen LogP contribution in [0.3, 0.4) is 0 Å². The Hall–Kier alpha value is -4.40. The Morgan fingerprint density at radius 2 is 1.34 bits per heavy atom. The largest absolute Gasteiger partial charge is 0.508 e. The van der Waals surface area contributed by atoms with Gasteiger partial charge in [0.2, 0.25) is 0 Å². The number of methoxy groups -OCH3 is 1. The van der Waals surface area contributed by atoms with E-state index in [4.69, 9.17) is 28.4 Å². The molecule has 1 aliphatic rings. The topological polar surface area (TPSA) is 98.8 Å². The average Bonchev–Trinajstić information content (AvgIpc) is 3.37. The zero-order valence-electron chi connectivity index (χ0n) is 21.3. The van der Waals surface area contributed by atoms with E-state index in [1.807, 2.05) is 67.6 Å². The van der Waals surface area contributed by atoms with Gasteiger partial charge in [-0.3, -0.25) is 0 Å². The third-order valence-electron chi connectivity index (χ3n) is 5.78. The van der Waals surface area contributed by atoms with Gasteiger partial charge in [-0.25, -0.2) is 9.59 Å². The first-order valence-corrected chi connectivity index (χ1v) is 12.3. The fourth-order valence-electron chi connectivity index (χ4n) is 3.99. The highest BCUT2D eigenvalue weighted by Crippen LogP contribution is 2.34. The Kier molecular flexibility index (Phi) is 9.28. The van der Waals surface area contributed by atoms with Gasteiger partial charge in [0.1, 0.15) is 43.7 Å². The molecule has 3 aromatic rings. The lowest BCUT2D eigenvalue weighted by molar-refractivity contribution is 0.0616. The van der Waals surface area contributed by atoms with E-state index < -0.39 is 18.4 Å². The lowest BCUT2D eigenvalue weighted by Crippen LogP contribution is -2.19. The second-order valence-electron chi connectivity index (χ2n) is 8.34. The summed E-state index contributed by atoms with van der Waals surface area (Å²) in [7, 11) is 1.26. The van der Waals surface area contributed by atoms with Gasteiger partial charge in [-0.15, -0.1) is 0 Å². The minimum atomic E-state index is -0.741. The van der Waals surface area contributed by atoms with Crippen LogP contribution in [0, 0.1) is 0 Å². The second kappa shape index (κ2) is 13.2. The van der Waals surface area contributed by atoms with Crippen molar-refractivity contribution in [1.82, 2.24) is 0 Å². The molecule has 38 heavy (non-hydrogen) atoms. The van der Waals surface area contributed by atoms with Crippen molar-refractivity contribution in [2.75, 3.05) is 40.1 Å². The van der Waals surface area contributed by atoms with Crippen LogP contribution in [0.15, 0.2) is 72.8 Å². The summed E-state index contributed by atoms with van der Waals surface area (Å²) in [6.45, 7) is 3.27. The van der Waals surface area contributed by atoms with Crippen molar-refractivity contribution in [3.05, 3.63) is 89.5 Å². The molecule has 1 saturated heterocycles. The summed E-state index contributed by atoms with van der Waals surface area (Å²) in [5.41, 5.74) is 3.23. The molecule has 1 aliphatic heterocycles. The van der Waals surface area contributed by atoms with E-state index in [-0.39, 0.29) is 32.3 Å². The van der Waals surface area contributed by atoms with Crippen LogP contribution in [0.4, 0.5) is 9.59 Å². The summed E-state index contributed by atoms with van der Waals surface area (Å²) in [5.74, 6) is 2.09. The van der Waals surface area contributed by atoms with Crippen molar-refractivity contribution >= 4 is 12.3 Å². The lowest BCUT2D eigenvalue weighted by Gasteiger charge is -2.20. The summed E-state index contributed by atoms with van der Waals surface area (Å²) in [4.78, 5) is 22.2. The number of cyclic esters (lactones) is 2. The van der Waals surface area contributed by atoms with Gasteiger partial charge >= 0.3 is 12.3 Å². The molecule has 0 aromatic heterocycles. The van der Waals surface area contributed by atoms with Crippen molar-refractivity contribution in [1.29, 1.82) is 0 Å². The standard InChI is InChI=1S/C29H30O9/c1-3-33-23-10-4-20(5-11-23)27(21-6-12-24(13-7-21)34-16-17-35-28(30)32-2)22-8-14-25(15-9-22)36-18-26-19-37-29(31)38-26/h4-15,26-27H,3,16-19H2,1-2H3. The van der Waals surface area contributed by atoms with Crippen LogP contribution in [0.1, 0.15) is 29.5 Å². The van der Waals surface area contributed by atoms with Gasteiger partial charge in [0.05, 0.1) is 13.7 Å². The number of hydrogen-bond donors (Lipinski definition) is 0. The van der Waals surface area contributed by atoms with Gasteiger partial charge < -0.3 is 33.2 Å². The molecule has 0 spiro atoms. The van der Waals surface area contributed by atoms with Gasteiger partial charge in [0, 0.05) is 5.92 Å².